The molecule has 2 rings (SSSR count). The van der Waals surface area contributed by atoms with Crippen LogP contribution in [0.1, 0.15) is 12.5 Å². The summed E-state index contributed by atoms with van der Waals surface area (Å²) in [6.07, 6.45) is 3.17. The molecule has 1 aromatic carbocycles. The molecule has 0 aliphatic rings. The fourth-order valence-electron chi connectivity index (χ4n) is 1.39. The zero-order chi connectivity index (χ0) is 12.8. The lowest BCUT2D eigenvalue weighted by molar-refractivity contribution is 0.337. The number of nitrogens with zero attached hydrogens (tertiary/aromatic N) is 3. The number of hydrogen-bond acceptors (Lipinski definition) is 5. The van der Waals surface area contributed by atoms with Gasteiger partial charge in [0.1, 0.15) is 11.5 Å². The van der Waals surface area contributed by atoms with Crippen molar-refractivity contribution in [3.63, 3.8) is 0 Å². The summed E-state index contributed by atoms with van der Waals surface area (Å²) in [5.41, 5.74) is 0.465. The molecule has 18 heavy (non-hydrogen) atoms. The van der Waals surface area contributed by atoms with Crippen LogP contribution in [0.3, 0.4) is 0 Å². The first-order chi connectivity index (χ1) is 8.81. The van der Waals surface area contributed by atoms with Gasteiger partial charge in [-0.25, -0.2) is 9.97 Å². The Labute approximate surface area is 105 Å². The van der Waals surface area contributed by atoms with E-state index >= 15 is 0 Å². The molecule has 0 N–H and O–H groups in total. The van der Waals surface area contributed by atoms with Crippen LogP contribution >= 0.6 is 0 Å². The molecule has 0 spiro atoms. The highest BCUT2D eigenvalue weighted by Crippen LogP contribution is 2.25. The third-order valence-electron chi connectivity index (χ3n) is 2.07. The second-order valence-corrected chi connectivity index (χ2v) is 3.37. The van der Waals surface area contributed by atoms with Gasteiger partial charge in [-0.3, -0.25) is 0 Å². The van der Waals surface area contributed by atoms with Crippen molar-refractivity contribution in [3.8, 4) is 23.6 Å². The van der Waals surface area contributed by atoms with E-state index in [4.69, 9.17) is 14.7 Å². The fraction of sp³-hybridized carbons (Fsp3) is 0.154. The van der Waals surface area contributed by atoms with E-state index in [1.807, 2.05) is 6.92 Å². The van der Waals surface area contributed by atoms with Gasteiger partial charge >= 0.3 is 6.01 Å². The van der Waals surface area contributed by atoms with Crippen LogP contribution in [0.15, 0.2) is 36.7 Å². The first kappa shape index (κ1) is 11.9. The summed E-state index contributed by atoms with van der Waals surface area (Å²) < 4.78 is 10.8. The Morgan fingerprint density at radius 3 is 2.56 bits per heavy atom. The molecule has 0 fully saturated rings. The van der Waals surface area contributed by atoms with Crippen molar-refractivity contribution in [1.29, 1.82) is 5.26 Å². The topological polar surface area (TPSA) is 68.0 Å². The quantitative estimate of drug-likeness (QED) is 0.822. The summed E-state index contributed by atoms with van der Waals surface area (Å²) in [6, 6.07) is 8.94. The standard InChI is InChI=1S/C13H11N3O2/c1-2-17-11-6-10(9-14)7-12(8-11)18-13-15-4-3-5-16-13/h3-8H,2H2,1H3. The van der Waals surface area contributed by atoms with Crippen LogP contribution < -0.4 is 9.47 Å². The highest BCUT2D eigenvalue weighted by atomic mass is 16.5. The SMILES string of the molecule is CCOc1cc(C#N)cc(Oc2ncccn2)c1. The molecule has 0 atom stereocenters. The maximum absolute atomic E-state index is 8.93. The summed E-state index contributed by atoms with van der Waals surface area (Å²) in [5, 5.41) is 8.93. The predicted octanol–water partition coefficient (Wildman–Crippen LogP) is 2.54. The van der Waals surface area contributed by atoms with Crippen molar-refractivity contribution < 1.29 is 9.47 Å². The van der Waals surface area contributed by atoms with Crippen molar-refractivity contribution in [1.82, 2.24) is 9.97 Å². The van der Waals surface area contributed by atoms with Gasteiger partial charge in [0.05, 0.1) is 18.2 Å². The molecule has 5 heteroatoms. The molecule has 5 nitrogen and oxygen atoms in total. The molecule has 0 unspecified atom stereocenters. The summed E-state index contributed by atoms with van der Waals surface area (Å²) in [5.74, 6) is 1.06. The Morgan fingerprint density at radius 2 is 1.89 bits per heavy atom. The van der Waals surface area contributed by atoms with Crippen LogP contribution in [-0.2, 0) is 0 Å². The molecular weight excluding hydrogens is 230 g/mol. The van der Waals surface area contributed by atoms with Crippen molar-refractivity contribution in [2.24, 2.45) is 0 Å². The average molecular weight is 241 g/mol. The van der Waals surface area contributed by atoms with E-state index in [0.29, 0.717) is 23.7 Å². The van der Waals surface area contributed by atoms with Crippen LogP contribution in [0.25, 0.3) is 0 Å². The molecule has 0 amide bonds. The molecular formula is C13H11N3O2. The lowest BCUT2D eigenvalue weighted by atomic mass is 10.2. The lowest BCUT2D eigenvalue weighted by Crippen LogP contribution is -1.95. The average Bonchev–Trinajstić information content (AvgIpc) is 2.40. The highest BCUT2D eigenvalue weighted by molar-refractivity contribution is 5.44. The predicted molar refractivity (Wildman–Crippen MR) is 64.4 cm³/mol. The summed E-state index contributed by atoms with van der Waals surface area (Å²) in [7, 11) is 0. The summed E-state index contributed by atoms with van der Waals surface area (Å²) in [6.45, 7) is 2.40. The number of nitriles is 1. The second-order valence-electron chi connectivity index (χ2n) is 3.37. The number of ether oxygens (including phenoxy) is 2. The van der Waals surface area contributed by atoms with Gasteiger partial charge in [-0.15, -0.1) is 0 Å². The Balaban J connectivity index is 2.27. The molecule has 1 heterocycles. The second kappa shape index (κ2) is 5.64. The number of hydrogen-bond donors (Lipinski definition) is 0. The monoisotopic (exact) mass is 241 g/mol. The normalized spacial score (nSPS) is 9.56. The minimum Gasteiger partial charge on any atom is -0.494 e. The summed E-state index contributed by atoms with van der Waals surface area (Å²) in [4.78, 5) is 7.90. The van der Waals surface area contributed by atoms with Crippen molar-refractivity contribution >= 4 is 0 Å². The van der Waals surface area contributed by atoms with Gasteiger partial charge in [-0.1, -0.05) is 0 Å². The third-order valence-corrected chi connectivity index (χ3v) is 2.07. The molecule has 2 aromatic rings. The maximum atomic E-state index is 8.93. The summed E-state index contributed by atoms with van der Waals surface area (Å²) >= 11 is 0. The van der Waals surface area contributed by atoms with Crippen molar-refractivity contribution in [2.75, 3.05) is 6.61 Å². The van der Waals surface area contributed by atoms with Gasteiger partial charge in [-0.2, -0.15) is 5.26 Å². The minimum atomic E-state index is 0.232. The number of rotatable bonds is 4. The van der Waals surface area contributed by atoms with Gasteiger partial charge in [0, 0.05) is 18.5 Å². The fourth-order valence-corrected chi connectivity index (χ4v) is 1.39. The Hall–Kier alpha value is -2.61. The molecule has 1 aromatic heterocycles. The van der Waals surface area contributed by atoms with Gasteiger partial charge < -0.3 is 9.47 Å². The van der Waals surface area contributed by atoms with E-state index in [1.54, 1.807) is 36.7 Å². The van der Waals surface area contributed by atoms with E-state index in [2.05, 4.69) is 16.0 Å². The van der Waals surface area contributed by atoms with Gasteiger partial charge in [0.2, 0.25) is 0 Å². The Bertz CT molecular complexity index is 564. The van der Waals surface area contributed by atoms with Crippen LogP contribution in [-0.4, -0.2) is 16.6 Å². The van der Waals surface area contributed by atoms with Crippen LogP contribution in [0.5, 0.6) is 17.5 Å². The van der Waals surface area contributed by atoms with E-state index in [0.717, 1.165) is 0 Å². The molecule has 0 radical (unpaired) electrons. The first-order valence-corrected chi connectivity index (χ1v) is 5.44. The first-order valence-electron chi connectivity index (χ1n) is 5.44. The van der Waals surface area contributed by atoms with Crippen LogP contribution in [0.2, 0.25) is 0 Å². The van der Waals surface area contributed by atoms with Crippen LogP contribution in [0, 0.1) is 11.3 Å². The maximum Gasteiger partial charge on any atom is 0.321 e. The molecule has 0 aliphatic carbocycles. The smallest absolute Gasteiger partial charge is 0.321 e. The molecule has 0 saturated heterocycles. The largest absolute Gasteiger partial charge is 0.494 e. The molecule has 0 bridgehead atoms. The molecule has 0 saturated carbocycles. The van der Waals surface area contributed by atoms with E-state index < -0.39 is 0 Å². The van der Waals surface area contributed by atoms with Crippen molar-refractivity contribution in [3.05, 3.63) is 42.2 Å². The van der Waals surface area contributed by atoms with Crippen LogP contribution in [0.4, 0.5) is 0 Å². The minimum absolute atomic E-state index is 0.232. The van der Waals surface area contributed by atoms with E-state index in [1.165, 1.54) is 0 Å². The zero-order valence-corrected chi connectivity index (χ0v) is 9.83. The van der Waals surface area contributed by atoms with Crippen molar-refractivity contribution in [2.45, 2.75) is 6.92 Å². The Morgan fingerprint density at radius 1 is 1.17 bits per heavy atom. The third kappa shape index (κ3) is 2.95. The number of benzene rings is 1. The molecule has 0 aliphatic heterocycles. The van der Waals surface area contributed by atoms with Gasteiger partial charge in [-0.05, 0) is 25.1 Å². The van der Waals surface area contributed by atoms with Gasteiger partial charge in [0.15, 0.2) is 0 Å². The zero-order valence-electron chi connectivity index (χ0n) is 9.83. The molecule has 90 valence electrons. The lowest BCUT2D eigenvalue weighted by Gasteiger charge is -2.07. The Kier molecular flexibility index (Phi) is 3.72. The van der Waals surface area contributed by atoms with Gasteiger partial charge in [0.25, 0.3) is 0 Å². The van der Waals surface area contributed by atoms with E-state index in [-0.39, 0.29) is 6.01 Å². The highest BCUT2D eigenvalue weighted by Gasteiger charge is 2.05. The number of aromatic nitrogens is 2. The van der Waals surface area contributed by atoms with E-state index in [9.17, 15) is 0 Å².